The molecule has 1 aliphatic rings. The lowest BCUT2D eigenvalue weighted by atomic mass is 10.2. The van der Waals surface area contributed by atoms with E-state index in [9.17, 15) is 8.42 Å². The van der Waals surface area contributed by atoms with Crippen LogP contribution in [0.15, 0.2) is 11.2 Å². The number of aromatic nitrogens is 2. The van der Waals surface area contributed by atoms with Gasteiger partial charge >= 0.3 is 0 Å². The van der Waals surface area contributed by atoms with Crippen molar-refractivity contribution in [3.05, 3.63) is 11.8 Å². The molecule has 20 heavy (non-hydrogen) atoms. The standard InChI is InChI=1S/C12H22N4O2S2/c1-12(2,19-3)8-15-20(17,18)11-9(7-14-16-11)6-13-10-4-5-10/h7,10,13,15H,4-6,8H2,1-3H3,(H,14,16). The predicted molar refractivity (Wildman–Crippen MR) is 81.2 cm³/mol. The van der Waals surface area contributed by atoms with Gasteiger partial charge in [0.15, 0.2) is 5.03 Å². The molecule has 1 fully saturated rings. The lowest BCUT2D eigenvalue weighted by molar-refractivity contribution is 0.563. The molecule has 1 aromatic rings. The minimum Gasteiger partial charge on any atom is -0.310 e. The smallest absolute Gasteiger partial charge is 0.257 e. The molecule has 3 N–H and O–H groups in total. The zero-order chi connectivity index (χ0) is 14.8. The van der Waals surface area contributed by atoms with Gasteiger partial charge in [-0.15, -0.1) is 0 Å². The van der Waals surface area contributed by atoms with E-state index in [1.54, 1.807) is 18.0 Å². The number of sulfonamides is 1. The van der Waals surface area contributed by atoms with Crippen LogP contribution >= 0.6 is 11.8 Å². The van der Waals surface area contributed by atoms with Gasteiger partial charge in [0.1, 0.15) is 0 Å². The average molecular weight is 318 g/mol. The molecule has 8 heteroatoms. The summed E-state index contributed by atoms with van der Waals surface area (Å²) < 4.78 is 27.1. The molecular formula is C12H22N4O2S2. The SMILES string of the molecule is CSC(C)(C)CNS(=O)(=O)c1[nH]ncc1CNC1CC1. The minimum absolute atomic E-state index is 0.139. The van der Waals surface area contributed by atoms with E-state index < -0.39 is 10.0 Å². The molecule has 0 radical (unpaired) electrons. The third kappa shape index (κ3) is 4.21. The van der Waals surface area contributed by atoms with Crippen LogP contribution in [0.25, 0.3) is 0 Å². The maximum Gasteiger partial charge on any atom is 0.257 e. The fourth-order valence-electron chi connectivity index (χ4n) is 1.61. The number of rotatable bonds is 8. The van der Waals surface area contributed by atoms with E-state index >= 15 is 0 Å². The Labute approximate surface area is 124 Å². The molecular weight excluding hydrogens is 296 g/mol. The molecule has 2 rings (SSSR count). The molecule has 114 valence electrons. The van der Waals surface area contributed by atoms with Crippen molar-refractivity contribution in [2.45, 2.75) is 49.0 Å². The summed E-state index contributed by atoms with van der Waals surface area (Å²) in [6, 6.07) is 0.531. The molecule has 0 unspecified atom stereocenters. The van der Waals surface area contributed by atoms with Gasteiger partial charge in [-0.3, -0.25) is 5.10 Å². The summed E-state index contributed by atoms with van der Waals surface area (Å²) in [5.41, 5.74) is 0.686. The van der Waals surface area contributed by atoms with Crippen LogP contribution < -0.4 is 10.0 Å². The highest BCUT2D eigenvalue weighted by molar-refractivity contribution is 8.00. The Morgan fingerprint density at radius 3 is 2.80 bits per heavy atom. The molecule has 6 nitrogen and oxygen atoms in total. The van der Waals surface area contributed by atoms with Crippen LogP contribution in [0.5, 0.6) is 0 Å². The van der Waals surface area contributed by atoms with Crippen molar-refractivity contribution in [2.24, 2.45) is 0 Å². The third-order valence-corrected chi connectivity index (χ3v) is 6.01. The van der Waals surface area contributed by atoms with Crippen molar-refractivity contribution in [1.29, 1.82) is 0 Å². The molecule has 1 aliphatic carbocycles. The second kappa shape index (κ2) is 6.05. The van der Waals surface area contributed by atoms with Gasteiger partial charge in [-0.1, -0.05) is 0 Å². The van der Waals surface area contributed by atoms with Crippen molar-refractivity contribution in [2.75, 3.05) is 12.8 Å². The summed E-state index contributed by atoms with van der Waals surface area (Å²) in [6.45, 7) is 4.92. The van der Waals surface area contributed by atoms with E-state index in [1.807, 2.05) is 20.1 Å². The van der Waals surface area contributed by atoms with Crippen LogP contribution in [-0.4, -0.2) is 42.2 Å². The maximum absolute atomic E-state index is 12.3. The first-order valence-electron chi connectivity index (χ1n) is 6.64. The Morgan fingerprint density at radius 1 is 1.50 bits per heavy atom. The summed E-state index contributed by atoms with van der Waals surface area (Å²) in [5, 5.41) is 9.93. The molecule has 0 bridgehead atoms. The lowest BCUT2D eigenvalue weighted by Gasteiger charge is -2.22. The normalized spacial score (nSPS) is 16.6. The molecule has 0 amide bonds. The second-order valence-corrected chi connectivity index (χ2v) is 8.89. The van der Waals surface area contributed by atoms with Crippen LogP contribution in [0, 0.1) is 0 Å². The van der Waals surface area contributed by atoms with Gasteiger partial charge in [0, 0.05) is 29.4 Å². The second-order valence-electron chi connectivity index (χ2n) is 5.67. The van der Waals surface area contributed by atoms with Crippen LogP contribution in [0.4, 0.5) is 0 Å². The zero-order valence-corrected chi connectivity index (χ0v) is 13.7. The largest absolute Gasteiger partial charge is 0.310 e. The van der Waals surface area contributed by atoms with Gasteiger partial charge in [0.25, 0.3) is 10.0 Å². The van der Waals surface area contributed by atoms with Crippen molar-refractivity contribution in [1.82, 2.24) is 20.2 Å². The van der Waals surface area contributed by atoms with Crippen LogP contribution in [0.3, 0.4) is 0 Å². The van der Waals surface area contributed by atoms with Crippen LogP contribution in [0.1, 0.15) is 32.3 Å². The fourth-order valence-corrected chi connectivity index (χ4v) is 3.26. The van der Waals surface area contributed by atoms with Gasteiger partial charge in [0.05, 0.1) is 6.20 Å². The molecule has 0 aromatic carbocycles. The fraction of sp³-hybridized carbons (Fsp3) is 0.750. The zero-order valence-electron chi connectivity index (χ0n) is 12.1. The highest BCUT2D eigenvalue weighted by atomic mass is 32.2. The Hall–Kier alpha value is -0.570. The summed E-state index contributed by atoms with van der Waals surface area (Å²) in [6.07, 6.45) is 5.87. The van der Waals surface area contributed by atoms with Gasteiger partial charge < -0.3 is 5.32 Å². The van der Waals surface area contributed by atoms with Crippen molar-refractivity contribution in [3.8, 4) is 0 Å². The van der Waals surface area contributed by atoms with Crippen molar-refractivity contribution >= 4 is 21.8 Å². The Bertz CT molecular complexity index is 550. The molecule has 1 saturated carbocycles. The molecule has 1 heterocycles. The summed E-state index contributed by atoms with van der Waals surface area (Å²) in [5.74, 6) is 0. The Kier molecular flexibility index (Phi) is 4.78. The summed E-state index contributed by atoms with van der Waals surface area (Å²) in [7, 11) is -3.54. The first-order valence-corrected chi connectivity index (χ1v) is 9.35. The van der Waals surface area contributed by atoms with E-state index in [0.717, 1.165) is 0 Å². The number of nitrogens with one attached hydrogen (secondary N) is 3. The predicted octanol–water partition coefficient (Wildman–Crippen LogP) is 1.08. The number of thioether (sulfide) groups is 1. The highest BCUT2D eigenvalue weighted by Crippen LogP contribution is 2.22. The Morgan fingerprint density at radius 2 is 2.20 bits per heavy atom. The Balaban J connectivity index is 2.02. The van der Waals surface area contributed by atoms with Crippen LogP contribution in [-0.2, 0) is 16.6 Å². The summed E-state index contributed by atoms with van der Waals surface area (Å²) in [4.78, 5) is 0. The number of nitrogens with zero attached hydrogens (tertiary/aromatic N) is 1. The molecule has 0 saturated heterocycles. The molecule has 0 spiro atoms. The number of hydrogen-bond donors (Lipinski definition) is 3. The van der Waals surface area contributed by atoms with Crippen LogP contribution in [0.2, 0.25) is 0 Å². The van der Waals surface area contributed by atoms with Gasteiger partial charge in [-0.25, -0.2) is 13.1 Å². The quantitative estimate of drug-likeness (QED) is 0.668. The first-order chi connectivity index (χ1) is 9.34. The van der Waals surface area contributed by atoms with Gasteiger partial charge in [0.2, 0.25) is 0 Å². The number of H-pyrrole nitrogens is 1. The highest BCUT2D eigenvalue weighted by Gasteiger charge is 2.26. The topological polar surface area (TPSA) is 86.9 Å². The molecule has 0 aliphatic heterocycles. The lowest BCUT2D eigenvalue weighted by Crippen LogP contribution is -2.36. The number of aromatic amines is 1. The van der Waals surface area contributed by atoms with Crippen molar-refractivity contribution < 1.29 is 8.42 Å². The average Bonchev–Trinajstić information content (AvgIpc) is 3.10. The van der Waals surface area contributed by atoms with E-state index in [2.05, 4.69) is 20.2 Å². The monoisotopic (exact) mass is 318 g/mol. The maximum atomic E-state index is 12.3. The van der Waals surface area contributed by atoms with Crippen molar-refractivity contribution in [3.63, 3.8) is 0 Å². The minimum atomic E-state index is -3.54. The summed E-state index contributed by atoms with van der Waals surface area (Å²) >= 11 is 1.63. The number of hydrogen-bond acceptors (Lipinski definition) is 5. The van der Waals surface area contributed by atoms with Gasteiger partial charge in [-0.05, 0) is 32.9 Å². The van der Waals surface area contributed by atoms with E-state index in [0.29, 0.717) is 24.7 Å². The molecule has 0 atom stereocenters. The van der Waals surface area contributed by atoms with E-state index in [1.165, 1.54) is 12.8 Å². The van der Waals surface area contributed by atoms with E-state index in [4.69, 9.17) is 0 Å². The third-order valence-electron chi connectivity index (χ3n) is 3.35. The van der Waals surface area contributed by atoms with Gasteiger partial charge in [-0.2, -0.15) is 16.9 Å². The van der Waals surface area contributed by atoms with E-state index in [-0.39, 0.29) is 9.77 Å². The molecule has 1 aromatic heterocycles. The first kappa shape index (κ1) is 15.8.